The highest BCUT2D eigenvalue weighted by atomic mass is 35.5. The van der Waals surface area contributed by atoms with E-state index in [1.165, 1.54) is 6.20 Å². The Kier molecular flexibility index (Phi) is 4.99. The van der Waals surface area contributed by atoms with Crippen molar-refractivity contribution in [1.29, 1.82) is 0 Å². The fourth-order valence-corrected chi connectivity index (χ4v) is 1.55. The minimum absolute atomic E-state index is 0.191. The highest BCUT2D eigenvalue weighted by Crippen LogP contribution is 2.11. The lowest BCUT2D eigenvalue weighted by Crippen LogP contribution is -2.08. The Morgan fingerprint density at radius 2 is 2.38 bits per heavy atom. The molecule has 0 aromatic carbocycles. The second-order valence-corrected chi connectivity index (χ2v) is 3.88. The van der Waals surface area contributed by atoms with Crippen LogP contribution in [-0.2, 0) is 5.88 Å². The van der Waals surface area contributed by atoms with Gasteiger partial charge in [-0.05, 0) is 37.8 Å². The molecule has 16 heavy (non-hydrogen) atoms. The smallest absolute Gasteiger partial charge is 0.0926 e. The van der Waals surface area contributed by atoms with Crippen molar-refractivity contribution >= 4 is 17.3 Å². The van der Waals surface area contributed by atoms with Crippen molar-refractivity contribution in [3.63, 3.8) is 0 Å². The van der Waals surface area contributed by atoms with Crippen molar-refractivity contribution in [2.24, 2.45) is 10.7 Å². The van der Waals surface area contributed by atoms with Crippen molar-refractivity contribution in [3.8, 4) is 0 Å². The fraction of sp³-hybridized carbons (Fsp3) is 0.333. The second-order valence-electron chi connectivity index (χ2n) is 3.61. The molecule has 0 radical (unpaired) electrons. The van der Waals surface area contributed by atoms with Gasteiger partial charge in [-0.3, -0.25) is 9.98 Å². The number of aromatic nitrogens is 1. The molecule has 0 fully saturated rings. The van der Waals surface area contributed by atoms with Gasteiger partial charge in [-0.15, -0.1) is 11.6 Å². The largest absolute Gasteiger partial charge is 0.405 e. The Morgan fingerprint density at radius 3 is 2.94 bits per heavy atom. The molecule has 1 rings (SSSR count). The lowest BCUT2D eigenvalue weighted by atomic mass is 10.1. The Balaban J connectivity index is 3.20. The topological polar surface area (TPSA) is 51.3 Å². The molecule has 0 saturated carbocycles. The number of nitrogens with two attached hydrogens (primary N) is 1. The van der Waals surface area contributed by atoms with Crippen LogP contribution in [0.3, 0.4) is 0 Å². The van der Waals surface area contributed by atoms with E-state index in [4.69, 9.17) is 17.3 Å². The van der Waals surface area contributed by atoms with Gasteiger partial charge in [0.05, 0.1) is 11.4 Å². The SMILES string of the molecule is CC(C)N=C(/C=C\N)c1ncccc1CCl. The minimum Gasteiger partial charge on any atom is -0.405 e. The van der Waals surface area contributed by atoms with Crippen LogP contribution >= 0.6 is 11.6 Å². The number of nitrogens with zero attached hydrogens (tertiary/aromatic N) is 2. The molecule has 0 amide bonds. The third-order valence-electron chi connectivity index (χ3n) is 1.93. The first-order valence-corrected chi connectivity index (χ1v) is 5.68. The zero-order valence-electron chi connectivity index (χ0n) is 9.52. The van der Waals surface area contributed by atoms with Crippen LogP contribution in [0.15, 0.2) is 35.6 Å². The normalized spacial score (nSPS) is 12.6. The molecule has 1 aromatic heterocycles. The Morgan fingerprint density at radius 1 is 1.62 bits per heavy atom. The molecule has 3 nitrogen and oxygen atoms in total. The number of hydrogen-bond donors (Lipinski definition) is 1. The summed E-state index contributed by atoms with van der Waals surface area (Å²) in [7, 11) is 0. The van der Waals surface area contributed by atoms with E-state index in [0.717, 1.165) is 17.0 Å². The van der Waals surface area contributed by atoms with Crippen molar-refractivity contribution in [3.05, 3.63) is 41.9 Å². The molecule has 1 heterocycles. The van der Waals surface area contributed by atoms with Gasteiger partial charge in [-0.25, -0.2) is 0 Å². The summed E-state index contributed by atoms with van der Waals surface area (Å²) >= 11 is 5.86. The summed E-state index contributed by atoms with van der Waals surface area (Å²) in [5, 5.41) is 0. The minimum atomic E-state index is 0.191. The van der Waals surface area contributed by atoms with E-state index < -0.39 is 0 Å². The van der Waals surface area contributed by atoms with Crippen LogP contribution in [0.5, 0.6) is 0 Å². The summed E-state index contributed by atoms with van der Waals surface area (Å²) in [6.45, 7) is 4.02. The average Bonchev–Trinajstić information content (AvgIpc) is 2.28. The Hall–Kier alpha value is -1.35. The molecule has 0 aliphatic rings. The standard InChI is InChI=1S/C12H16ClN3/c1-9(2)16-11(5-6-14)12-10(8-13)4-3-7-15-12/h3-7,9H,8,14H2,1-2H3/b6-5-,16-11?. The van der Waals surface area contributed by atoms with E-state index in [0.29, 0.717) is 5.88 Å². The van der Waals surface area contributed by atoms with Crippen molar-refractivity contribution in [2.75, 3.05) is 0 Å². The number of aliphatic imine (C=N–C) groups is 1. The second kappa shape index (κ2) is 6.28. The van der Waals surface area contributed by atoms with E-state index >= 15 is 0 Å². The van der Waals surface area contributed by atoms with E-state index in [-0.39, 0.29) is 6.04 Å². The summed E-state index contributed by atoms with van der Waals surface area (Å²) in [6, 6.07) is 3.99. The molecule has 0 unspecified atom stereocenters. The third kappa shape index (κ3) is 3.35. The summed E-state index contributed by atoms with van der Waals surface area (Å²) in [5.74, 6) is 0.415. The lowest BCUT2D eigenvalue weighted by molar-refractivity contribution is 0.836. The predicted molar refractivity (Wildman–Crippen MR) is 68.8 cm³/mol. The highest BCUT2D eigenvalue weighted by molar-refractivity contribution is 6.18. The molecule has 0 aliphatic carbocycles. The van der Waals surface area contributed by atoms with Gasteiger partial charge in [0.15, 0.2) is 0 Å². The summed E-state index contributed by atoms with van der Waals surface area (Å²) in [4.78, 5) is 8.77. The molecule has 0 saturated heterocycles. The van der Waals surface area contributed by atoms with Crippen LogP contribution in [0.1, 0.15) is 25.1 Å². The van der Waals surface area contributed by atoms with Gasteiger partial charge in [0.25, 0.3) is 0 Å². The fourth-order valence-electron chi connectivity index (χ4n) is 1.33. The molecule has 86 valence electrons. The summed E-state index contributed by atoms with van der Waals surface area (Å²) in [5.41, 5.74) is 7.94. The molecule has 0 bridgehead atoms. The summed E-state index contributed by atoms with van der Waals surface area (Å²) in [6.07, 6.45) is 4.94. The molecular formula is C12H16ClN3. The van der Waals surface area contributed by atoms with Crippen LogP contribution in [0.25, 0.3) is 0 Å². The van der Waals surface area contributed by atoms with Gasteiger partial charge >= 0.3 is 0 Å². The van der Waals surface area contributed by atoms with Gasteiger partial charge in [-0.2, -0.15) is 0 Å². The average molecular weight is 238 g/mol. The highest BCUT2D eigenvalue weighted by Gasteiger charge is 2.07. The monoisotopic (exact) mass is 237 g/mol. The number of allylic oxidation sites excluding steroid dienone is 1. The lowest BCUT2D eigenvalue weighted by Gasteiger charge is -2.07. The van der Waals surface area contributed by atoms with Crippen molar-refractivity contribution in [2.45, 2.75) is 25.8 Å². The zero-order chi connectivity index (χ0) is 12.0. The van der Waals surface area contributed by atoms with E-state index in [2.05, 4.69) is 9.98 Å². The maximum absolute atomic E-state index is 5.86. The third-order valence-corrected chi connectivity index (χ3v) is 2.22. The quantitative estimate of drug-likeness (QED) is 0.646. The van der Waals surface area contributed by atoms with Crippen LogP contribution in [0.4, 0.5) is 0 Å². The van der Waals surface area contributed by atoms with Crippen LogP contribution in [0.2, 0.25) is 0 Å². The zero-order valence-corrected chi connectivity index (χ0v) is 10.3. The first kappa shape index (κ1) is 12.7. The number of hydrogen-bond acceptors (Lipinski definition) is 3. The Labute approximate surface area is 101 Å². The molecule has 1 aromatic rings. The van der Waals surface area contributed by atoms with E-state index in [9.17, 15) is 0 Å². The van der Waals surface area contributed by atoms with Crippen LogP contribution in [-0.4, -0.2) is 16.7 Å². The maximum atomic E-state index is 5.86. The van der Waals surface area contributed by atoms with Crippen LogP contribution in [0, 0.1) is 0 Å². The maximum Gasteiger partial charge on any atom is 0.0926 e. The van der Waals surface area contributed by atoms with Crippen molar-refractivity contribution in [1.82, 2.24) is 4.98 Å². The van der Waals surface area contributed by atoms with Gasteiger partial charge in [-0.1, -0.05) is 6.07 Å². The molecule has 0 aliphatic heterocycles. The molecule has 0 spiro atoms. The van der Waals surface area contributed by atoms with E-state index in [1.807, 2.05) is 26.0 Å². The molecular weight excluding hydrogens is 222 g/mol. The van der Waals surface area contributed by atoms with Gasteiger partial charge in [0, 0.05) is 18.1 Å². The first-order chi connectivity index (χ1) is 7.69. The Bertz CT molecular complexity index is 397. The molecule has 4 heteroatoms. The number of halogens is 1. The summed E-state index contributed by atoms with van der Waals surface area (Å²) < 4.78 is 0. The molecule has 2 N–H and O–H groups in total. The van der Waals surface area contributed by atoms with Gasteiger partial charge < -0.3 is 5.73 Å². The predicted octanol–water partition coefficient (Wildman–Crippen LogP) is 2.49. The van der Waals surface area contributed by atoms with E-state index in [1.54, 1.807) is 12.3 Å². The van der Waals surface area contributed by atoms with Gasteiger partial charge in [0.1, 0.15) is 0 Å². The number of alkyl halides is 1. The number of rotatable bonds is 4. The number of pyridine rings is 1. The van der Waals surface area contributed by atoms with Crippen molar-refractivity contribution < 1.29 is 0 Å². The molecule has 0 atom stereocenters. The first-order valence-electron chi connectivity index (χ1n) is 5.15. The van der Waals surface area contributed by atoms with Gasteiger partial charge in [0.2, 0.25) is 0 Å². The van der Waals surface area contributed by atoms with Crippen LogP contribution < -0.4 is 5.73 Å².